The second kappa shape index (κ2) is 9.10. The van der Waals surface area contributed by atoms with Crippen molar-refractivity contribution in [2.45, 2.75) is 6.54 Å². The largest absolute Gasteiger partial charge is 0.493 e. The lowest BCUT2D eigenvalue weighted by molar-refractivity contribution is -0.116. The summed E-state index contributed by atoms with van der Waals surface area (Å²) in [5.74, 6) is 1.05. The fraction of sp³-hybridized carbons (Fsp3) is 0.143. The van der Waals surface area contributed by atoms with Crippen LogP contribution in [0.4, 0.5) is 0 Å². The van der Waals surface area contributed by atoms with E-state index in [2.05, 4.69) is 10.4 Å². The quantitative estimate of drug-likeness (QED) is 0.614. The van der Waals surface area contributed by atoms with Gasteiger partial charge in [0.2, 0.25) is 5.91 Å². The highest BCUT2D eigenvalue weighted by molar-refractivity contribution is 6.30. The molecule has 0 fully saturated rings. The van der Waals surface area contributed by atoms with Crippen LogP contribution in [0.3, 0.4) is 0 Å². The van der Waals surface area contributed by atoms with Crippen LogP contribution >= 0.6 is 11.6 Å². The Kier molecular flexibility index (Phi) is 6.34. The summed E-state index contributed by atoms with van der Waals surface area (Å²) < 4.78 is 12.2. The SMILES string of the molecule is COc1ccc(/C=C/C(=O)NCc2cnn(-c3ccc(Cl)cc3)c2)cc1OC. The van der Waals surface area contributed by atoms with Crippen LogP contribution < -0.4 is 14.8 Å². The fourth-order valence-electron chi connectivity index (χ4n) is 2.56. The summed E-state index contributed by atoms with van der Waals surface area (Å²) in [6.45, 7) is 0.378. The summed E-state index contributed by atoms with van der Waals surface area (Å²) in [5.41, 5.74) is 2.63. The predicted molar refractivity (Wildman–Crippen MR) is 109 cm³/mol. The molecule has 144 valence electrons. The number of ether oxygens (including phenoxy) is 2. The first-order valence-corrected chi connectivity index (χ1v) is 8.94. The lowest BCUT2D eigenvalue weighted by atomic mass is 10.2. The first-order chi connectivity index (χ1) is 13.6. The maximum absolute atomic E-state index is 12.1. The number of methoxy groups -OCH3 is 2. The number of aromatic nitrogens is 2. The summed E-state index contributed by atoms with van der Waals surface area (Å²) in [4.78, 5) is 12.1. The third-order valence-corrected chi connectivity index (χ3v) is 4.28. The Labute approximate surface area is 168 Å². The zero-order valence-corrected chi connectivity index (χ0v) is 16.3. The maximum atomic E-state index is 12.1. The zero-order chi connectivity index (χ0) is 19.9. The molecule has 3 rings (SSSR count). The molecule has 0 radical (unpaired) electrons. The summed E-state index contributed by atoms with van der Waals surface area (Å²) in [6, 6.07) is 12.8. The molecule has 0 spiro atoms. The van der Waals surface area contributed by atoms with Gasteiger partial charge in [0.15, 0.2) is 11.5 Å². The van der Waals surface area contributed by atoms with Gasteiger partial charge >= 0.3 is 0 Å². The Morgan fingerprint density at radius 1 is 1.14 bits per heavy atom. The number of benzene rings is 2. The van der Waals surface area contributed by atoms with Crippen molar-refractivity contribution in [1.29, 1.82) is 0 Å². The number of nitrogens with zero attached hydrogens (tertiary/aromatic N) is 2. The van der Waals surface area contributed by atoms with E-state index in [0.29, 0.717) is 23.1 Å². The molecule has 3 aromatic rings. The topological polar surface area (TPSA) is 65.4 Å². The molecule has 0 saturated carbocycles. The molecule has 0 atom stereocenters. The van der Waals surface area contributed by atoms with Gasteiger partial charge in [0.05, 0.1) is 26.1 Å². The van der Waals surface area contributed by atoms with E-state index >= 15 is 0 Å². The molecule has 0 bridgehead atoms. The molecule has 7 heteroatoms. The minimum Gasteiger partial charge on any atom is -0.493 e. The van der Waals surface area contributed by atoms with Crippen LogP contribution in [0.1, 0.15) is 11.1 Å². The van der Waals surface area contributed by atoms with Gasteiger partial charge in [0, 0.05) is 29.4 Å². The zero-order valence-electron chi connectivity index (χ0n) is 15.6. The van der Waals surface area contributed by atoms with Crippen LogP contribution in [0.15, 0.2) is 60.9 Å². The van der Waals surface area contributed by atoms with Gasteiger partial charge in [-0.1, -0.05) is 17.7 Å². The van der Waals surface area contributed by atoms with Gasteiger partial charge in [-0.25, -0.2) is 4.68 Å². The van der Waals surface area contributed by atoms with Gasteiger partial charge in [-0.3, -0.25) is 4.79 Å². The van der Waals surface area contributed by atoms with Crippen molar-refractivity contribution >= 4 is 23.6 Å². The number of nitrogens with one attached hydrogen (secondary N) is 1. The molecule has 2 aromatic carbocycles. The molecule has 1 N–H and O–H groups in total. The Hall–Kier alpha value is -3.25. The van der Waals surface area contributed by atoms with Crippen molar-refractivity contribution in [1.82, 2.24) is 15.1 Å². The first kappa shape index (κ1) is 19.5. The van der Waals surface area contributed by atoms with E-state index in [1.165, 1.54) is 6.08 Å². The van der Waals surface area contributed by atoms with E-state index in [9.17, 15) is 4.79 Å². The molecule has 0 aliphatic carbocycles. The van der Waals surface area contributed by atoms with Crippen molar-refractivity contribution < 1.29 is 14.3 Å². The Balaban J connectivity index is 1.57. The number of amides is 1. The van der Waals surface area contributed by atoms with E-state index in [1.807, 2.05) is 24.4 Å². The highest BCUT2D eigenvalue weighted by atomic mass is 35.5. The van der Waals surface area contributed by atoms with E-state index in [-0.39, 0.29) is 5.91 Å². The molecular weight excluding hydrogens is 378 g/mol. The van der Waals surface area contributed by atoms with Crippen molar-refractivity contribution in [3.63, 3.8) is 0 Å². The summed E-state index contributed by atoms with van der Waals surface area (Å²) >= 11 is 5.90. The van der Waals surface area contributed by atoms with Crippen LogP contribution in [0.25, 0.3) is 11.8 Å². The highest BCUT2D eigenvalue weighted by Gasteiger charge is 2.05. The van der Waals surface area contributed by atoms with Crippen molar-refractivity contribution in [3.8, 4) is 17.2 Å². The van der Waals surface area contributed by atoms with Crippen LogP contribution in [-0.2, 0) is 11.3 Å². The van der Waals surface area contributed by atoms with Crippen LogP contribution in [-0.4, -0.2) is 29.9 Å². The second-order valence-corrected chi connectivity index (χ2v) is 6.37. The number of halogens is 1. The molecular formula is C21H20ClN3O3. The third-order valence-electron chi connectivity index (χ3n) is 4.03. The number of carbonyl (C=O) groups excluding carboxylic acids is 1. The van der Waals surface area contributed by atoms with E-state index in [1.54, 1.807) is 55.4 Å². The number of carbonyl (C=O) groups is 1. The molecule has 1 aromatic heterocycles. The first-order valence-electron chi connectivity index (χ1n) is 8.56. The maximum Gasteiger partial charge on any atom is 0.244 e. The molecule has 0 unspecified atom stereocenters. The van der Waals surface area contributed by atoms with E-state index in [0.717, 1.165) is 16.8 Å². The third kappa shape index (κ3) is 4.92. The van der Waals surface area contributed by atoms with Gasteiger partial charge in [0.1, 0.15) is 0 Å². The molecule has 1 amide bonds. The number of rotatable bonds is 7. The van der Waals surface area contributed by atoms with Crippen molar-refractivity contribution in [2.75, 3.05) is 14.2 Å². The van der Waals surface area contributed by atoms with E-state index < -0.39 is 0 Å². The summed E-state index contributed by atoms with van der Waals surface area (Å²) in [6.07, 6.45) is 6.77. The Morgan fingerprint density at radius 2 is 1.89 bits per heavy atom. The average Bonchev–Trinajstić information content (AvgIpc) is 3.20. The molecule has 0 saturated heterocycles. The van der Waals surface area contributed by atoms with Gasteiger partial charge in [0.25, 0.3) is 0 Å². The normalized spacial score (nSPS) is 10.8. The molecule has 6 nitrogen and oxygen atoms in total. The fourth-order valence-corrected chi connectivity index (χ4v) is 2.69. The summed E-state index contributed by atoms with van der Waals surface area (Å²) in [7, 11) is 3.15. The predicted octanol–water partition coefficient (Wildman–Crippen LogP) is 3.87. The number of hydrogen-bond acceptors (Lipinski definition) is 4. The standard InChI is InChI=1S/C21H20ClN3O3/c1-27-19-9-3-15(11-20(19)28-2)4-10-21(26)23-12-16-13-24-25(14-16)18-7-5-17(22)6-8-18/h3-11,13-14H,12H2,1-2H3,(H,23,26)/b10-4+. The van der Waals surface area contributed by atoms with Gasteiger partial charge < -0.3 is 14.8 Å². The van der Waals surface area contributed by atoms with Crippen LogP contribution in [0, 0.1) is 0 Å². The van der Waals surface area contributed by atoms with Crippen molar-refractivity contribution in [2.24, 2.45) is 0 Å². The minimum atomic E-state index is -0.200. The van der Waals surface area contributed by atoms with Gasteiger partial charge in [-0.05, 0) is 48.0 Å². The Bertz CT molecular complexity index is 981. The molecule has 28 heavy (non-hydrogen) atoms. The monoisotopic (exact) mass is 397 g/mol. The van der Waals surface area contributed by atoms with Crippen LogP contribution in [0.5, 0.6) is 11.5 Å². The van der Waals surface area contributed by atoms with Gasteiger partial charge in [-0.2, -0.15) is 5.10 Å². The minimum absolute atomic E-state index is 0.200. The molecule has 0 aliphatic heterocycles. The summed E-state index contributed by atoms with van der Waals surface area (Å²) in [5, 5.41) is 7.81. The average molecular weight is 398 g/mol. The lowest BCUT2D eigenvalue weighted by Gasteiger charge is -2.07. The Morgan fingerprint density at radius 3 is 2.61 bits per heavy atom. The molecule has 0 aliphatic rings. The lowest BCUT2D eigenvalue weighted by Crippen LogP contribution is -2.19. The van der Waals surface area contributed by atoms with Crippen LogP contribution in [0.2, 0.25) is 5.02 Å². The number of hydrogen-bond donors (Lipinski definition) is 1. The second-order valence-electron chi connectivity index (χ2n) is 5.94. The smallest absolute Gasteiger partial charge is 0.244 e. The van der Waals surface area contributed by atoms with E-state index in [4.69, 9.17) is 21.1 Å². The van der Waals surface area contributed by atoms with Gasteiger partial charge in [-0.15, -0.1) is 0 Å². The highest BCUT2D eigenvalue weighted by Crippen LogP contribution is 2.27. The molecule has 1 heterocycles. The van der Waals surface area contributed by atoms with Crippen molar-refractivity contribution in [3.05, 3.63) is 77.1 Å².